The molecule has 0 aromatic carbocycles. The molecule has 0 spiro atoms. The van der Waals surface area contributed by atoms with Crippen LogP contribution in [0.1, 0.15) is 42.9 Å². The highest BCUT2D eigenvalue weighted by Crippen LogP contribution is 2.30. The fourth-order valence-electron chi connectivity index (χ4n) is 2.32. The van der Waals surface area contributed by atoms with Crippen LogP contribution in [-0.2, 0) is 16.0 Å². The summed E-state index contributed by atoms with van der Waals surface area (Å²) in [5, 5.41) is 7.91. The van der Waals surface area contributed by atoms with E-state index in [-0.39, 0.29) is 24.0 Å². The average molecular weight is 279 g/mol. The maximum absolute atomic E-state index is 11.8. The van der Waals surface area contributed by atoms with Crippen LogP contribution in [0.3, 0.4) is 0 Å². The number of hydrogen-bond acceptors (Lipinski definition) is 5. The predicted molar refractivity (Wildman–Crippen MR) is 73.4 cm³/mol. The van der Waals surface area contributed by atoms with Gasteiger partial charge in [-0.15, -0.1) is 5.10 Å². The smallest absolute Gasteiger partial charge is 0.361 e. The molecule has 20 heavy (non-hydrogen) atoms. The van der Waals surface area contributed by atoms with Crippen molar-refractivity contribution in [3.05, 3.63) is 24.0 Å². The zero-order chi connectivity index (χ0) is 14.8. The molecule has 1 fully saturated rings. The van der Waals surface area contributed by atoms with Crippen molar-refractivity contribution in [2.24, 2.45) is 0 Å². The number of carbonyl (C=O) groups excluding carboxylic acids is 1. The molecule has 2 heterocycles. The Morgan fingerprint density at radius 1 is 1.65 bits per heavy atom. The maximum Gasteiger partial charge on any atom is 0.361 e. The van der Waals surface area contributed by atoms with Crippen LogP contribution in [0.15, 0.2) is 12.7 Å². The standard InChI is InChI=1S/C14H21N3O3/c1-5-8-19-13(18)12-10(2)17(16-15-12)9-11-6-7-14(3,4)20-11/h5,11H,1,6-9H2,2-4H3. The summed E-state index contributed by atoms with van der Waals surface area (Å²) in [7, 11) is 0. The molecule has 6 heteroatoms. The minimum atomic E-state index is -0.471. The fourth-order valence-corrected chi connectivity index (χ4v) is 2.32. The summed E-state index contributed by atoms with van der Waals surface area (Å²) in [6, 6.07) is 0. The van der Waals surface area contributed by atoms with Gasteiger partial charge in [0.1, 0.15) is 6.61 Å². The fraction of sp³-hybridized carbons (Fsp3) is 0.643. The lowest BCUT2D eigenvalue weighted by Gasteiger charge is -2.19. The van der Waals surface area contributed by atoms with Crippen molar-refractivity contribution in [2.75, 3.05) is 6.61 Å². The van der Waals surface area contributed by atoms with E-state index >= 15 is 0 Å². The molecule has 0 aliphatic carbocycles. The highest BCUT2D eigenvalue weighted by molar-refractivity contribution is 5.88. The van der Waals surface area contributed by atoms with Crippen molar-refractivity contribution in [2.45, 2.75) is 51.9 Å². The van der Waals surface area contributed by atoms with E-state index in [2.05, 4.69) is 30.7 Å². The van der Waals surface area contributed by atoms with Gasteiger partial charge in [0.05, 0.1) is 23.9 Å². The van der Waals surface area contributed by atoms with Crippen molar-refractivity contribution >= 4 is 5.97 Å². The summed E-state index contributed by atoms with van der Waals surface area (Å²) < 4.78 is 12.6. The molecule has 1 aliphatic rings. The number of esters is 1. The molecule has 0 amide bonds. The van der Waals surface area contributed by atoms with Gasteiger partial charge in [-0.3, -0.25) is 0 Å². The third-order valence-corrected chi connectivity index (χ3v) is 3.44. The molecular formula is C14H21N3O3. The maximum atomic E-state index is 11.8. The number of ether oxygens (including phenoxy) is 2. The van der Waals surface area contributed by atoms with Gasteiger partial charge in [-0.05, 0) is 33.6 Å². The molecule has 1 atom stereocenters. The van der Waals surface area contributed by atoms with Crippen molar-refractivity contribution in [3.8, 4) is 0 Å². The third-order valence-electron chi connectivity index (χ3n) is 3.44. The Morgan fingerprint density at radius 2 is 2.40 bits per heavy atom. The summed E-state index contributed by atoms with van der Waals surface area (Å²) in [5.41, 5.74) is 0.877. The Hall–Kier alpha value is -1.69. The first-order valence-corrected chi connectivity index (χ1v) is 6.79. The Bertz CT molecular complexity index is 508. The summed E-state index contributed by atoms with van der Waals surface area (Å²) in [6.07, 6.45) is 3.65. The first-order valence-electron chi connectivity index (χ1n) is 6.79. The first kappa shape index (κ1) is 14.7. The summed E-state index contributed by atoms with van der Waals surface area (Å²) in [6.45, 7) is 10.3. The summed E-state index contributed by atoms with van der Waals surface area (Å²) in [4.78, 5) is 11.8. The van der Waals surface area contributed by atoms with Gasteiger partial charge < -0.3 is 9.47 Å². The van der Waals surface area contributed by atoms with E-state index in [0.717, 1.165) is 12.8 Å². The van der Waals surface area contributed by atoms with Crippen LogP contribution in [-0.4, -0.2) is 39.3 Å². The second-order valence-corrected chi connectivity index (χ2v) is 5.63. The lowest BCUT2D eigenvalue weighted by atomic mass is 10.1. The highest BCUT2D eigenvalue weighted by Gasteiger charge is 2.32. The molecule has 0 saturated carbocycles. The van der Waals surface area contributed by atoms with Gasteiger partial charge in [-0.1, -0.05) is 17.9 Å². The third kappa shape index (κ3) is 3.25. The number of rotatable bonds is 5. The largest absolute Gasteiger partial charge is 0.457 e. The molecule has 1 saturated heterocycles. The van der Waals surface area contributed by atoms with E-state index in [4.69, 9.17) is 9.47 Å². The highest BCUT2D eigenvalue weighted by atomic mass is 16.5. The number of carbonyl (C=O) groups is 1. The quantitative estimate of drug-likeness (QED) is 0.608. The molecular weight excluding hydrogens is 258 g/mol. The molecule has 0 N–H and O–H groups in total. The van der Waals surface area contributed by atoms with E-state index in [0.29, 0.717) is 12.2 Å². The van der Waals surface area contributed by atoms with E-state index < -0.39 is 5.97 Å². The van der Waals surface area contributed by atoms with Crippen LogP contribution in [0.25, 0.3) is 0 Å². The lowest BCUT2D eigenvalue weighted by Crippen LogP contribution is -2.23. The molecule has 0 radical (unpaired) electrons. The van der Waals surface area contributed by atoms with Gasteiger partial charge in [0.2, 0.25) is 0 Å². The van der Waals surface area contributed by atoms with E-state index in [1.165, 1.54) is 6.08 Å². The normalized spacial score (nSPS) is 20.9. The first-order chi connectivity index (χ1) is 9.43. The number of nitrogens with zero attached hydrogens (tertiary/aromatic N) is 3. The Kier molecular flexibility index (Phi) is 4.23. The van der Waals surface area contributed by atoms with Crippen LogP contribution < -0.4 is 0 Å². The minimum absolute atomic E-state index is 0.0785. The van der Waals surface area contributed by atoms with Gasteiger partial charge in [0.25, 0.3) is 0 Å². The second-order valence-electron chi connectivity index (χ2n) is 5.63. The van der Waals surface area contributed by atoms with Gasteiger partial charge in [0.15, 0.2) is 5.69 Å². The summed E-state index contributed by atoms with van der Waals surface area (Å²) >= 11 is 0. The molecule has 1 aliphatic heterocycles. The Balaban J connectivity index is 2.02. The van der Waals surface area contributed by atoms with Crippen molar-refractivity contribution < 1.29 is 14.3 Å². The zero-order valence-electron chi connectivity index (χ0n) is 12.3. The van der Waals surface area contributed by atoms with E-state index in [9.17, 15) is 4.79 Å². The lowest BCUT2D eigenvalue weighted by molar-refractivity contribution is -0.0234. The predicted octanol–water partition coefficient (Wildman–Crippen LogP) is 1.89. The van der Waals surface area contributed by atoms with Crippen molar-refractivity contribution in [3.63, 3.8) is 0 Å². The van der Waals surface area contributed by atoms with Gasteiger partial charge in [-0.25, -0.2) is 9.48 Å². The molecule has 2 rings (SSSR count). The topological polar surface area (TPSA) is 66.2 Å². The SMILES string of the molecule is C=CCOC(=O)c1nnn(CC2CCC(C)(C)O2)c1C. The second kappa shape index (κ2) is 5.75. The van der Waals surface area contributed by atoms with Crippen LogP contribution in [0.2, 0.25) is 0 Å². The van der Waals surface area contributed by atoms with E-state index in [1.54, 1.807) is 4.68 Å². The molecule has 0 bridgehead atoms. The van der Waals surface area contributed by atoms with Gasteiger partial charge in [-0.2, -0.15) is 0 Å². The zero-order valence-corrected chi connectivity index (χ0v) is 12.3. The Morgan fingerprint density at radius 3 is 3.00 bits per heavy atom. The van der Waals surface area contributed by atoms with Crippen LogP contribution in [0.4, 0.5) is 0 Å². The van der Waals surface area contributed by atoms with E-state index in [1.807, 2.05) is 6.92 Å². The average Bonchev–Trinajstić information content (AvgIpc) is 2.91. The number of hydrogen-bond donors (Lipinski definition) is 0. The summed E-state index contributed by atoms with van der Waals surface area (Å²) in [5.74, 6) is -0.471. The molecule has 1 aromatic rings. The molecule has 6 nitrogen and oxygen atoms in total. The molecule has 1 aromatic heterocycles. The van der Waals surface area contributed by atoms with Crippen molar-refractivity contribution in [1.82, 2.24) is 15.0 Å². The van der Waals surface area contributed by atoms with Crippen LogP contribution in [0.5, 0.6) is 0 Å². The molecule has 1 unspecified atom stereocenters. The van der Waals surface area contributed by atoms with Gasteiger partial charge in [0, 0.05) is 0 Å². The van der Waals surface area contributed by atoms with Crippen LogP contribution >= 0.6 is 0 Å². The van der Waals surface area contributed by atoms with Crippen LogP contribution in [0, 0.1) is 6.92 Å². The minimum Gasteiger partial charge on any atom is -0.457 e. The molecule has 110 valence electrons. The monoisotopic (exact) mass is 279 g/mol. The number of aromatic nitrogens is 3. The van der Waals surface area contributed by atoms with Crippen molar-refractivity contribution in [1.29, 1.82) is 0 Å². The Labute approximate surface area is 118 Å². The van der Waals surface area contributed by atoms with Gasteiger partial charge >= 0.3 is 5.97 Å².